The summed E-state index contributed by atoms with van der Waals surface area (Å²) in [5.74, 6) is 3.71. The molecule has 4 rings (SSSR count). The van der Waals surface area contributed by atoms with Gasteiger partial charge in [-0.25, -0.2) is 0 Å². The first-order chi connectivity index (χ1) is 9.79. The number of carbonyl (C=O) groups is 1. The van der Waals surface area contributed by atoms with Crippen molar-refractivity contribution in [3.8, 4) is 0 Å². The highest BCUT2D eigenvalue weighted by molar-refractivity contribution is 5.95. The van der Waals surface area contributed by atoms with E-state index in [-0.39, 0.29) is 18.3 Å². The Labute approximate surface area is 132 Å². The first-order valence-corrected chi connectivity index (χ1v) is 7.83. The summed E-state index contributed by atoms with van der Waals surface area (Å²) < 4.78 is 0. The lowest BCUT2D eigenvalue weighted by atomic mass is 10.0. The van der Waals surface area contributed by atoms with Gasteiger partial charge in [-0.05, 0) is 61.6 Å². The van der Waals surface area contributed by atoms with E-state index in [1.165, 1.54) is 19.3 Å². The Morgan fingerprint density at radius 1 is 1.19 bits per heavy atom. The smallest absolute Gasteiger partial charge is 0.228 e. The topological polar surface area (TPSA) is 41.1 Å². The van der Waals surface area contributed by atoms with Crippen molar-refractivity contribution in [1.82, 2.24) is 5.32 Å². The number of hydrogen-bond donors (Lipinski definition) is 2. The zero-order valence-electron chi connectivity index (χ0n) is 12.3. The zero-order valence-corrected chi connectivity index (χ0v) is 13.2. The van der Waals surface area contributed by atoms with Crippen LogP contribution >= 0.6 is 12.4 Å². The molecule has 3 nitrogen and oxygen atoms in total. The number of fused-ring (bicyclic) bond motifs is 5. The Hall–Kier alpha value is -1.06. The zero-order chi connectivity index (χ0) is 13.7. The van der Waals surface area contributed by atoms with Gasteiger partial charge in [0.2, 0.25) is 5.91 Å². The molecule has 1 aromatic carbocycles. The number of halogens is 1. The molecule has 1 amide bonds. The third-order valence-electron chi connectivity index (χ3n) is 5.68. The molecule has 0 radical (unpaired) electrons. The predicted octanol–water partition coefficient (Wildman–Crippen LogP) is 3.06. The number of rotatable bonds is 4. The minimum atomic E-state index is 0. The van der Waals surface area contributed by atoms with E-state index >= 15 is 0 Å². The van der Waals surface area contributed by atoms with Crippen LogP contribution < -0.4 is 10.6 Å². The van der Waals surface area contributed by atoms with Crippen LogP contribution in [-0.4, -0.2) is 13.0 Å². The fourth-order valence-electron chi connectivity index (χ4n) is 4.88. The number of nitrogens with one attached hydrogen (secondary N) is 2. The maximum Gasteiger partial charge on any atom is 0.228 e. The number of anilines is 1. The van der Waals surface area contributed by atoms with Crippen LogP contribution in [0.4, 0.5) is 5.69 Å². The average molecular weight is 307 g/mol. The summed E-state index contributed by atoms with van der Waals surface area (Å²) in [4.78, 5) is 12.5. The Morgan fingerprint density at radius 3 is 2.52 bits per heavy atom. The fraction of sp³-hybridized carbons (Fsp3) is 0.588. The number of carbonyl (C=O) groups excluding carboxylic acids is 1. The molecule has 3 saturated carbocycles. The van der Waals surface area contributed by atoms with Crippen LogP contribution in [-0.2, 0) is 11.3 Å². The molecule has 21 heavy (non-hydrogen) atoms. The number of hydrogen-bond acceptors (Lipinski definition) is 2. The molecule has 3 aliphatic rings. The monoisotopic (exact) mass is 306 g/mol. The molecule has 0 heterocycles. The van der Waals surface area contributed by atoms with Crippen molar-refractivity contribution in [2.75, 3.05) is 12.4 Å². The molecule has 3 fully saturated rings. The summed E-state index contributed by atoms with van der Waals surface area (Å²) in [7, 11) is 1.93. The van der Waals surface area contributed by atoms with Gasteiger partial charge < -0.3 is 10.6 Å². The molecule has 114 valence electrons. The molecular formula is C17H23ClN2O. The van der Waals surface area contributed by atoms with Gasteiger partial charge in [0.15, 0.2) is 0 Å². The molecule has 0 aliphatic heterocycles. The van der Waals surface area contributed by atoms with E-state index in [4.69, 9.17) is 0 Å². The molecule has 0 aromatic heterocycles. The van der Waals surface area contributed by atoms with Gasteiger partial charge in [-0.1, -0.05) is 18.2 Å². The van der Waals surface area contributed by atoms with E-state index in [2.05, 4.69) is 16.7 Å². The van der Waals surface area contributed by atoms with Crippen molar-refractivity contribution >= 4 is 24.0 Å². The molecular weight excluding hydrogens is 284 g/mol. The normalized spacial score (nSPS) is 35.0. The summed E-state index contributed by atoms with van der Waals surface area (Å²) in [5.41, 5.74) is 2.14. The molecule has 4 unspecified atom stereocenters. The number of benzene rings is 1. The molecule has 0 spiro atoms. The first kappa shape index (κ1) is 14.9. The Morgan fingerprint density at radius 2 is 1.86 bits per heavy atom. The van der Waals surface area contributed by atoms with Gasteiger partial charge in [-0.2, -0.15) is 0 Å². The quantitative estimate of drug-likeness (QED) is 0.897. The largest absolute Gasteiger partial charge is 0.326 e. The first-order valence-electron chi connectivity index (χ1n) is 7.83. The van der Waals surface area contributed by atoms with Crippen molar-refractivity contribution in [3.05, 3.63) is 29.8 Å². The van der Waals surface area contributed by atoms with Crippen LogP contribution in [0.3, 0.4) is 0 Å². The predicted molar refractivity (Wildman–Crippen MR) is 86.4 cm³/mol. The van der Waals surface area contributed by atoms with Crippen LogP contribution in [0.2, 0.25) is 0 Å². The molecule has 4 heteroatoms. The van der Waals surface area contributed by atoms with Crippen molar-refractivity contribution in [2.24, 2.45) is 29.6 Å². The standard InChI is InChI=1S/C17H22N2O.ClH/c1-18-9-12-4-2-3-5-13(12)19-17(20)16-14-10-6-7-11(8-10)15(14)16;/h2-5,10-11,14-16,18H,6-9H2,1H3,(H,19,20);1H. The van der Waals surface area contributed by atoms with Crippen LogP contribution in [0.15, 0.2) is 24.3 Å². The highest BCUT2D eigenvalue weighted by Gasteiger charge is 2.67. The summed E-state index contributed by atoms with van der Waals surface area (Å²) in [6, 6.07) is 8.10. The van der Waals surface area contributed by atoms with Crippen LogP contribution in [0.25, 0.3) is 0 Å². The van der Waals surface area contributed by atoms with E-state index < -0.39 is 0 Å². The van der Waals surface area contributed by atoms with Crippen molar-refractivity contribution in [2.45, 2.75) is 25.8 Å². The number of amides is 1. The van der Waals surface area contributed by atoms with Gasteiger partial charge in [0.25, 0.3) is 0 Å². The fourth-order valence-corrected chi connectivity index (χ4v) is 4.88. The summed E-state index contributed by atoms with van der Waals surface area (Å²) in [6.45, 7) is 0.791. The van der Waals surface area contributed by atoms with E-state index in [1.54, 1.807) is 0 Å². The maximum atomic E-state index is 12.5. The minimum Gasteiger partial charge on any atom is -0.326 e. The molecule has 1 aromatic rings. The SMILES string of the molecule is CNCc1ccccc1NC(=O)C1C2C3CCC(C3)C12.Cl. The van der Waals surface area contributed by atoms with Gasteiger partial charge in [-0.3, -0.25) is 4.79 Å². The summed E-state index contributed by atoms with van der Waals surface area (Å²) >= 11 is 0. The van der Waals surface area contributed by atoms with Crippen molar-refractivity contribution in [1.29, 1.82) is 0 Å². The second-order valence-electron chi connectivity index (χ2n) is 6.69. The van der Waals surface area contributed by atoms with Crippen molar-refractivity contribution in [3.63, 3.8) is 0 Å². The Balaban J connectivity index is 0.00000132. The average Bonchev–Trinajstić information content (AvgIpc) is 2.90. The van der Waals surface area contributed by atoms with E-state index in [9.17, 15) is 4.79 Å². The second kappa shape index (κ2) is 5.62. The highest BCUT2D eigenvalue weighted by Crippen LogP contribution is 2.69. The Kier molecular flexibility index (Phi) is 3.98. The lowest BCUT2D eigenvalue weighted by Gasteiger charge is -2.13. The van der Waals surface area contributed by atoms with Gasteiger partial charge >= 0.3 is 0 Å². The summed E-state index contributed by atoms with van der Waals surface area (Å²) in [5, 5.41) is 6.33. The minimum absolute atomic E-state index is 0. The third kappa shape index (κ3) is 2.36. The van der Waals surface area contributed by atoms with E-state index in [1.807, 2.05) is 25.2 Å². The van der Waals surface area contributed by atoms with Crippen LogP contribution in [0, 0.1) is 29.6 Å². The highest BCUT2D eigenvalue weighted by atomic mass is 35.5. The molecule has 3 aliphatic carbocycles. The lowest BCUT2D eigenvalue weighted by Crippen LogP contribution is -2.20. The summed E-state index contributed by atoms with van der Waals surface area (Å²) in [6.07, 6.45) is 4.13. The van der Waals surface area contributed by atoms with Crippen LogP contribution in [0.1, 0.15) is 24.8 Å². The van der Waals surface area contributed by atoms with Gasteiger partial charge in [0.1, 0.15) is 0 Å². The van der Waals surface area contributed by atoms with Gasteiger partial charge in [-0.15, -0.1) is 12.4 Å². The molecule has 2 N–H and O–H groups in total. The second-order valence-corrected chi connectivity index (χ2v) is 6.69. The lowest BCUT2D eigenvalue weighted by molar-refractivity contribution is -0.118. The third-order valence-corrected chi connectivity index (χ3v) is 5.68. The van der Waals surface area contributed by atoms with E-state index in [0.29, 0.717) is 17.8 Å². The maximum absolute atomic E-state index is 12.5. The molecule has 4 atom stereocenters. The Bertz CT molecular complexity index is 531. The van der Waals surface area contributed by atoms with Gasteiger partial charge in [0, 0.05) is 18.2 Å². The van der Waals surface area contributed by atoms with E-state index in [0.717, 1.165) is 29.6 Å². The van der Waals surface area contributed by atoms with Gasteiger partial charge in [0.05, 0.1) is 0 Å². The number of para-hydroxylation sites is 1. The molecule has 2 bridgehead atoms. The van der Waals surface area contributed by atoms with Crippen LogP contribution in [0.5, 0.6) is 0 Å². The molecule has 0 saturated heterocycles. The van der Waals surface area contributed by atoms with Crippen molar-refractivity contribution < 1.29 is 4.79 Å².